The predicted octanol–water partition coefficient (Wildman–Crippen LogP) is 3.37. The zero-order chi connectivity index (χ0) is 24.1. The number of ether oxygens (including phenoxy) is 2. The van der Waals surface area contributed by atoms with Gasteiger partial charge in [0.25, 0.3) is 11.7 Å². The van der Waals surface area contributed by atoms with Gasteiger partial charge in [-0.05, 0) is 55.3 Å². The Morgan fingerprint density at radius 3 is 2.38 bits per heavy atom. The lowest BCUT2D eigenvalue weighted by Gasteiger charge is -2.29. The topological polar surface area (TPSA) is 79.3 Å². The Morgan fingerprint density at radius 2 is 1.74 bits per heavy atom. The third kappa shape index (κ3) is 5.13. The van der Waals surface area contributed by atoms with Gasteiger partial charge in [-0.3, -0.25) is 14.5 Å². The molecule has 2 heterocycles. The van der Waals surface area contributed by atoms with Gasteiger partial charge in [-0.2, -0.15) is 0 Å². The van der Waals surface area contributed by atoms with Crippen LogP contribution in [0.4, 0.5) is 4.39 Å². The average Bonchev–Trinajstić information content (AvgIpc) is 3.10. The van der Waals surface area contributed by atoms with E-state index in [9.17, 15) is 19.1 Å². The Bertz CT molecular complexity index is 1050. The first kappa shape index (κ1) is 23.9. The summed E-state index contributed by atoms with van der Waals surface area (Å²) in [5.41, 5.74) is 0.980. The Hall–Kier alpha value is -3.23. The molecule has 8 heteroatoms. The summed E-state index contributed by atoms with van der Waals surface area (Å²) in [5.74, 6) is -1.48. The molecule has 4 rings (SSSR count). The number of amides is 1. The zero-order valence-electron chi connectivity index (χ0n) is 19.2. The van der Waals surface area contributed by atoms with E-state index in [0.717, 1.165) is 19.6 Å². The van der Waals surface area contributed by atoms with Crippen LogP contribution in [0.3, 0.4) is 0 Å². The number of nitrogens with zero attached hydrogens (tertiary/aromatic N) is 2. The van der Waals surface area contributed by atoms with E-state index in [4.69, 9.17) is 9.47 Å². The van der Waals surface area contributed by atoms with Crippen molar-refractivity contribution in [3.8, 4) is 5.75 Å². The van der Waals surface area contributed by atoms with Crippen molar-refractivity contribution in [2.45, 2.75) is 19.4 Å². The van der Waals surface area contributed by atoms with Crippen LogP contribution in [0.2, 0.25) is 0 Å². The molecule has 0 aromatic heterocycles. The van der Waals surface area contributed by atoms with E-state index >= 15 is 0 Å². The first-order valence-corrected chi connectivity index (χ1v) is 11.6. The molecule has 1 N–H and O–H groups in total. The number of carbonyl (C=O) groups excluding carboxylic acids is 2. The Morgan fingerprint density at radius 1 is 1.06 bits per heavy atom. The zero-order valence-corrected chi connectivity index (χ0v) is 19.2. The Balaban J connectivity index is 1.66. The van der Waals surface area contributed by atoms with Crippen molar-refractivity contribution in [1.29, 1.82) is 0 Å². The van der Waals surface area contributed by atoms with Crippen LogP contribution in [-0.2, 0) is 14.3 Å². The maximum Gasteiger partial charge on any atom is 0.295 e. The molecule has 0 bridgehead atoms. The molecule has 2 saturated heterocycles. The molecule has 2 aliphatic heterocycles. The fraction of sp³-hybridized carbons (Fsp3) is 0.385. The second kappa shape index (κ2) is 10.8. The van der Waals surface area contributed by atoms with Gasteiger partial charge in [-0.25, -0.2) is 4.39 Å². The van der Waals surface area contributed by atoms with Crippen LogP contribution in [0.5, 0.6) is 5.75 Å². The summed E-state index contributed by atoms with van der Waals surface area (Å²) < 4.78 is 24.3. The summed E-state index contributed by atoms with van der Waals surface area (Å²) in [6, 6.07) is 11.6. The van der Waals surface area contributed by atoms with Crippen LogP contribution in [0.25, 0.3) is 5.76 Å². The summed E-state index contributed by atoms with van der Waals surface area (Å²) in [6.07, 6.45) is 0.678. The van der Waals surface area contributed by atoms with Crippen molar-refractivity contribution in [2.24, 2.45) is 0 Å². The Kier molecular flexibility index (Phi) is 7.59. The second-order valence-electron chi connectivity index (χ2n) is 8.31. The number of hydrogen-bond acceptors (Lipinski definition) is 6. The number of benzene rings is 2. The van der Waals surface area contributed by atoms with Crippen LogP contribution in [-0.4, -0.2) is 72.6 Å². The lowest BCUT2D eigenvalue weighted by Crippen LogP contribution is -2.38. The number of ketones is 1. The number of carbonyl (C=O) groups is 2. The van der Waals surface area contributed by atoms with Crippen LogP contribution in [0.15, 0.2) is 54.1 Å². The molecular weight excluding hydrogens is 439 g/mol. The van der Waals surface area contributed by atoms with Gasteiger partial charge >= 0.3 is 0 Å². The second-order valence-corrected chi connectivity index (χ2v) is 8.31. The van der Waals surface area contributed by atoms with Gasteiger partial charge in [-0.15, -0.1) is 0 Å². The molecule has 2 fully saturated rings. The number of rotatable bonds is 8. The largest absolute Gasteiger partial charge is 0.507 e. The minimum absolute atomic E-state index is 0.00661. The van der Waals surface area contributed by atoms with Crippen molar-refractivity contribution >= 4 is 17.4 Å². The number of morpholine rings is 1. The van der Waals surface area contributed by atoms with E-state index in [1.807, 2.05) is 6.92 Å². The van der Waals surface area contributed by atoms with Gasteiger partial charge in [0.2, 0.25) is 0 Å². The molecule has 0 aliphatic carbocycles. The molecule has 2 aromatic carbocycles. The first-order chi connectivity index (χ1) is 16.5. The van der Waals surface area contributed by atoms with Crippen molar-refractivity contribution in [2.75, 3.05) is 46.0 Å². The molecule has 180 valence electrons. The van der Waals surface area contributed by atoms with Crippen LogP contribution in [0, 0.1) is 5.82 Å². The highest BCUT2D eigenvalue weighted by Crippen LogP contribution is 2.40. The summed E-state index contributed by atoms with van der Waals surface area (Å²) >= 11 is 0. The molecule has 2 aromatic rings. The summed E-state index contributed by atoms with van der Waals surface area (Å²) in [6.45, 7) is 6.60. The maximum absolute atomic E-state index is 13.4. The minimum atomic E-state index is -0.745. The van der Waals surface area contributed by atoms with Crippen molar-refractivity contribution in [3.63, 3.8) is 0 Å². The summed E-state index contributed by atoms with van der Waals surface area (Å²) in [7, 11) is 0. The van der Waals surface area contributed by atoms with Gasteiger partial charge in [0.15, 0.2) is 0 Å². The van der Waals surface area contributed by atoms with Gasteiger partial charge in [0, 0.05) is 31.7 Å². The first-order valence-electron chi connectivity index (χ1n) is 11.6. The van der Waals surface area contributed by atoms with E-state index in [0.29, 0.717) is 44.1 Å². The summed E-state index contributed by atoms with van der Waals surface area (Å²) in [5, 5.41) is 11.0. The molecule has 1 atom stereocenters. The van der Waals surface area contributed by atoms with Crippen LogP contribution >= 0.6 is 0 Å². The lowest BCUT2D eigenvalue weighted by atomic mass is 9.95. The van der Waals surface area contributed by atoms with Gasteiger partial charge in [0.1, 0.15) is 17.3 Å². The molecule has 7 nitrogen and oxygen atoms in total. The normalized spacial score (nSPS) is 20.6. The average molecular weight is 469 g/mol. The van der Waals surface area contributed by atoms with E-state index < -0.39 is 23.5 Å². The molecule has 1 amide bonds. The quantitative estimate of drug-likeness (QED) is 0.364. The maximum atomic E-state index is 13.4. The molecule has 0 radical (unpaired) electrons. The standard InChI is InChI=1S/C26H29FN2O5/c1-2-34-21-10-6-18(7-11-21)23-22(24(30)19-4-8-20(27)9-5-19)25(31)26(32)29(23)13-3-12-28-14-16-33-17-15-28/h4-11,23,30H,2-3,12-17H2,1H3/b24-22-. The Labute approximate surface area is 198 Å². The highest BCUT2D eigenvalue weighted by Gasteiger charge is 2.45. The number of halogens is 1. The van der Waals surface area contributed by atoms with Crippen molar-refractivity contribution < 1.29 is 28.6 Å². The van der Waals surface area contributed by atoms with Crippen molar-refractivity contribution in [3.05, 3.63) is 71.0 Å². The number of aliphatic hydroxyl groups is 1. The van der Waals surface area contributed by atoms with E-state index in [1.165, 1.54) is 29.2 Å². The number of Topliss-reactive ketones (excluding diaryl/α,β-unsaturated/α-hetero) is 1. The summed E-state index contributed by atoms with van der Waals surface area (Å²) in [4.78, 5) is 29.9. The molecular formula is C26H29FN2O5. The van der Waals surface area contributed by atoms with Crippen molar-refractivity contribution in [1.82, 2.24) is 9.80 Å². The number of hydrogen-bond donors (Lipinski definition) is 1. The number of likely N-dealkylation sites (tertiary alicyclic amines) is 1. The third-order valence-electron chi connectivity index (χ3n) is 6.14. The third-order valence-corrected chi connectivity index (χ3v) is 6.14. The molecule has 1 unspecified atom stereocenters. The fourth-order valence-electron chi connectivity index (χ4n) is 4.42. The van der Waals surface area contributed by atoms with E-state index in [1.54, 1.807) is 24.3 Å². The van der Waals surface area contributed by atoms with Gasteiger partial charge in [-0.1, -0.05) is 12.1 Å². The van der Waals surface area contributed by atoms with E-state index in [-0.39, 0.29) is 16.9 Å². The lowest BCUT2D eigenvalue weighted by molar-refractivity contribution is -0.140. The molecule has 0 saturated carbocycles. The minimum Gasteiger partial charge on any atom is -0.507 e. The van der Waals surface area contributed by atoms with Gasteiger partial charge in [0.05, 0.1) is 31.4 Å². The fourth-order valence-corrected chi connectivity index (χ4v) is 4.42. The number of aliphatic hydroxyl groups excluding tert-OH is 1. The highest BCUT2D eigenvalue weighted by molar-refractivity contribution is 6.46. The SMILES string of the molecule is CCOc1ccc(C2/C(=C(/O)c3ccc(F)cc3)C(=O)C(=O)N2CCCN2CCOCC2)cc1. The predicted molar refractivity (Wildman–Crippen MR) is 125 cm³/mol. The highest BCUT2D eigenvalue weighted by atomic mass is 19.1. The van der Waals surface area contributed by atoms with Crippen LogP contribution < -0.4 is 4.74 Å². The molecule has 34 heavy (non-hydrogen) atoms. The van der Waals surface area contributed by atoms with E-state index in [2.05, 4.69) is 4.90 Å². The van der Waals surface area contributed by atoms with Gasteiger partial charge < -0.3 is 19.5 Å². The van der Waals surface area contributed by atoms with Crippen LogP contribution in [0.1, 0.15) is 30.5 Å². The smallest absolute Gasteiger partial charge is 0.295 e. The molecule has 2 aliphatic rings. The molecule has 0 spiro atoms. The monoisotopic (exact) mass is 468 g/mol.